The van der Waals surface area contributed by atoms with Crippen molar-refractivity contribution in [2.45, 2.75) is 296 Å². The number of carbonyl (C=O) groups is 2. The number of anilines is 3. The summed E-state index contributed by atoms with van der Waals surface area (Å²) >= 11 is 2.38. The van der Waals surface area contributed by atoms with Crippen molar-refractivity contribution in [3.05, 3.63) is 97.4 Å². The molecule has 0 aliphatic carbocycles. The summed E-state index contributed by atoms with van der Waals surface area (Å²) in [7, 11) is -6.14. The molecule has 716 valence electrons. The average Bonchev–Trinajstić information content (AvgIpc) is 1.62. The molecule has 131 heavy (non-hydrogen) atoms. The lowest BCUT2D eigenvalue weighted by molar-refractivity contribution is -0.126. The van der Waals surface area contributed by atoms with E-state index in [-0.39, 0.29) is 117 Å². The molecule has 43 nitrogen and oxygen atoms in total. The first-order valence-corrected chi connectivity index (χ1v) is 53.5. The van der Waals surface area contributed by atoms with Crippen LogP contribution in [-0.2, 0) is 59.4 Å². The molecule has 19 atom stereocenters. The molecular formula is C84H129IN26O17Si3. The number of aromatic nitrogens is 20. The molecular weight excluding hydrogens is 1860 g/mol. The molecule has 10 aromatic heterocycles. The van der Waals surface area contributed by atoms with Crippen molar-refractivity contribution in [2.24, 2.45) is 33.7 Å². The number of aliphatic hydroxyl groups excluding tert-OH is 7. The summed E-state index contributed by atoms with van der Waals surface area (Å²) in [6.07, 6.45) is 5.19. The summed E-state index contributed by atoms with van der Waals surface area (Å²) in [5.74, 6) is 1.91. The van der Waals surface area contributed by atoms with Gasteiger partial charge in [-0.1, -0.05) is 159 Å². The minimum absolute atomic E-state index is 0.0230. The molecule has 0 bridgehead atoms. The number of hydrogen-bond acceptors (Lipinski definition) is 36. The second-order valence-corrected chi connectivity index (χ2v) is 55.9. The highest BCUT2D eigenvalue weighted by Gasteiger charge is 2.58. The highest BCUT2D eigenvalue weighted by molar-refractivity contribution is 14.1. The predicted molar refractivity (Wildman–Crippen MR) is 502 cm³/mol. The summed E-state index contributed by atoms with van der Waals surface area (Å²) in [5, 5.41) is 72.0. The highest BCUT2D eigenvalue weighted by atomic mass is 127. The number of ketones is 2. The number of alkyl halides is 1. The molecule has 47 heteroatoms. The summed E-state index contributed by atoms with van der Waals surface area (Å²) in [6, 6.07) is 0. The summed E-state index contributed by atoms with van der Waals surface area (Å²) in [4.78, 5) is 91.1. The van der Waals surface area contributed by atoms with Crippen LogP contribution in [0.3, 0.4) is 0 Å². The van der Waals surface area contributed by atoms with Gasteiger partial charge < -0.3 is 89.9 Å². The zero-order valence-corrected chi connectivity index (χ0v) is 84.3. The van der Waals surface area contributed by atoms with E-state index in [4.69, 9.17) is 64.8 Å². The first-order chi connectivity index (χ1) is 60.9. The maximum atomic E-state index is 12.6. The number of carbonyl (C=O) groups excluding carboxylic acids is 2. The van der Waals surface area contributed by atoms with Crippen molar-refractivity contribution in [1.29, 1.82) is 0 Å². The van der Waals surface area contributed by atoms with Crippen molar-refractivity contribution in [2.75, 3.05) is 41.4 Å². The smallest absolute Gasteiger partial charge is 0.203 e. The number of azide groups is 1. The second kappa shape index (κ2) is 38.9. The second-order valence-electron chi connectivity index (χ2n) is 40.7. The van der Waals surface area contributed by atoms with E-state index in [1.165, 1.54) is 53.4 Å². The molecule has 5 aliphatic rings. The molecule has 15 heterocycles. The normalized spacial score (nSPS) is 27.3. The highest BCUT2D eigenvalue weighted by Crippen LogP contribution is 2.51. The molecule has 15 rings (SSSR count). The Hall–Kier alpha value is -8.84. The predicted octanol–water partition coefficient (Wildman–Crippen LogP) is 9.79. The van der Waals surface area contributed by atoms with Crippen molar-refractivity contribution in [3.63, 3.8) is 0 Å². The van der Waals surface area contributed by atoms with E-state index in [0.717, 1.165) is 4.43 Å². The van der Waals surface area contributed by atoms with E-state index in [2.05, 4.69) is 236 Å². The molecule has 5 aliphatic heterocycles. The van der Waals surface area contributed by atoms with Crippen LogP contribution < -0.4 is 17.2 Å². The fourth-order valence-corrected chi connectivity index (χ4v) is 19.6. The molecule has 13 N–H and O–H groups in total. The van der Waals surface area contributed by atoms with E-state index in [0.29, 0.717) is 67.6 Å². The number of imidazole rings is 5. The number of halogens is 1. The van der Waals surface area contributed by atoms with Gasteiger partial charge in [-0.25, -0.2) is 74.8 Å². The van der Waals surface area contributed by atoms with Gasteiger partial charge in [0.05, 0.1) is 99.0 Å². The van der Waals surface area contributed by atoms with Crippen LogP contribution in [-0.4, -0.2) is 260 Å². The van der Waals surface area contributed by atoms with Crippen LogP contribution in [0.15, 0.2) is 80.7 Å². The third-order valence-electron chi connectivity index (χ3n) is 26.6. The number of hydrogen-bond donors (Lipinski definition) is 10. The number of nitrogens with zero attached hydrogens (tertiary/aromatic N) is 23. The van der Waals surface area contributed by atoms with Gasteiger partial charge in [0.2, 0.25) is 12.0 Å². The van der Waals surface area contributed by atoms with E-state index in [1.807, 2.05) is 62.2 Å². The van der Waals surface area contributed by atoms with Gasteiger partial charge in [-0.2, -0.15) is 0 Å². The molecule has 10 aromatic rings. The third kappa shape index (κ3) is 20.7. The maximum Gasteiger partial charge on any atom is 0.203 e. The number of Topliss-reactive ketones (excluding diaryl/α,β-unsaturated/α-hetero) is 2. The molecule has 0 amide bonds. The molecule has 0 unspecified atom stereocenters. The molecule has 5 fully saturated rings. The number of aliphatic hydroxyl groups is 7. The Morgan fingerprint density at radius 2 is 0.863 bits per heavy atom. The average molecular weight is 1990 g/mol. The first-order valence-electron chi connectivity index (χ1n) is 43.3. The van der Waals surface area contributed by atoms with E-state index in [1.54, 1.807) is 19.0 Å². The van der Waals surface area contributed by atoms with Gasteiger partial charge in [-0.15, -0.1) is 0 Å². The van der Waals surface area contributed by atoms with Gasteiger partial charge in [0.25, 0.3) is 0 Å². The van der Waals surface area contributed by atoms with Crippen LogP contribution in [0.2, 0.25) is 54.4 Å². The van der Waals surface area contributed by atoms with Crippen molar-refractivity contribution in [1.82, 2.24) is 97.6 Å². The van der Waals surface area contributed by atoms with Crippen LogP contribution >= 0.6 is 22.6 Å². The van der Waals surface area contributed by atoms with E-state index in [9.17, 15) is 40.2 Å². The maximum absolute atomic E-state index is 12.6. The SMILES string of the molecule is C=C1O[C@@H](n2cnc3c(CC(=O)C(C)(C)C)ncnc32)[C@H](O[Si](C)(C)C(C)(C)C)[C@@H]1C.C[C@H]1[C@@H](O[Si](C)(C)C(C)(C)C)[C@H](n2cnc3c(CC(=O)C(C)(C)C)ncnc32)O[C@]1(C)CO.C[C@H]1[C@@H](O[Si](C)(C)C(C)(C)C)[C@H](n2cnc3c(N)ncnc32)O[C@@H]1CI.Nc1ncnc2c1ncn2[C@@H]1O[C@H](CO)[C@@H](O)[C@H]1O.[N-]=[N+]=N[C@]1(CO)O[C@@H](n2cnc3c(N)ncnc32)[C@H](O)[C@@H]1O. The minimum atomic E-state index is -2.14. The number of rotatable bonds is 20. The fourth-order valence-electron chi connectivity index (χ4n) is 14.6. The largest absolute Gasteiger partial charge is 0.472 e. The van der Waals surface area contributed by atoms with Crippen LogP contribution in [0.25, 0.3) is 66.3 Å². The van der Waals surface area contributed by atoms with Crippen LogP contribution in [0.1, 0.15) is 174 Å². The lowest BCUT2D eigenvalue weighted by atomic mass is 9.88. The number of ether oxygens (including phenoxy) is 5. The Morgan fingerprint density at radius 3 is 1.24 bits per heavy atom. The quantitative estimate of drug-likeness (QED) is 0.00847. The lowest BCUT2D eigenvalue weighted by Crippen LogP contribution is -2.47. The Labute approximate surface area is 776 Å². The van der Waals surface area contributed by atoms with Gasteiger partial charge in [0, 0.05) is 37.9 Å². The summed E-state index contributed by atoms with van der Waals surface area (Å²) in [6.45, 7) is 56.0. The standard InChI is InChI=1S/C24H40N4O4Si.C23H36N4O3Si.C17H28IN5O2Si.C10H12N8O4.C10H13N5O4/c1-15-19(32-33(9,10)23(5,6)7)21(31-24(15,8)12-29)28-14-27-18-16(25-13-26-20(18)28)11-17(30)22(2,3)4;1-14-15(2)29-21(19(14)30-31(9,10)23(6,7)8)27-13-26-18-16(24-12-25-20(18)27)11-17(28)22(3,4)5;1-10-11(7-18)24-16(13(10)25-26(5,6)17(2,3)4)23-9-22-12-14(19)20-8-21-15(12)23;11-7-4-8(14-2-13-7)18(3-15-4)9-5(20)6(21)10(1-19,22-9)16-17-12;11-8-5-9(13-2-12-8)15(3-14-5)10-7(18)6(17)4(1-16)19-10/h13-15,19,21,29H,11-12H2,1-10H3;12-14,19,21H,2,11H2,1,3-10H3;8-11,13,16H,7H2,1-6H3,(H2,19,20,21);2-3,5-6,9,19-21H,1H2,(H2,11,13,14);2-4,6-7,10,16-18H,1H2,(H2,11,12,13)/t15-,19+,21+,24+;14-,19-,21-;10-,11-,13-,16-;5-,6+,9-,10-;4-,6-,7-,10-/m01111/s1. The Morgan fingerprint density at radius 1 is 0.496 bits per heavy atom. The van der Waals surface area contributed by atoms with Crippen LogP contribution in [0.4, 0.5) is 17.5 Å². The van der Waals surface area contributed by atoms with Gasteiger partial charge in [0.1, 0.15) is 114 Å². The van der Waals surface area contributed by atoms with Gasteiger partial charge in [0.15, 0.2) is 95.6 Å². The van der Waals surface area contributed by atoms with E-state index < -0.39 is 116 Å². The lowest BCUT2D eigenvalue weighted by Gasteiger charge is -2.40. The zero-order valence-electron chi connectivity index (χ0n) is 79.1. The molecule has 5 saturated heterocycles. The van der Waals surface area contributed by atoms with Crippen molar-refractivity contribution < 1.29 is 82.3 Å². The monoisotopic (exact) mass is 1980 g/mol. The fraction of sp³-hybridized carbons (Fsp3) is 0.655. The van der Waals surface area contributed by atoms with Crippen LogP contribution in [0, 0.1) is 28.6 Å². The molecule has 0 spiro atoms. The number of nitrogens with two attached hydrogens (primary N) is 3. The summed E-state index contributed by atoms with van der Waals surface area (Å²) < 4.78 is 59.7. The number of nitrogen functional groups attached to an aromatic ring is 3. The van der Waals surface area contributed by atoms with E-state index >= 15 is 0 Å². The topological polar surface area (TPSA) is 594 Å². The Balaban J connectivity index is 0.000000160. The minimum Gasteiger partial charge on any atom is -0.472 e. The van der Waals surface area contributed by atoms with Gasteiger partial charge >= 0.3 is 0 Å². The van der Waals surface area contributed by atoms with Crippen LogP contribution in [0.5, 0.6) is 0 Å². The Kier molecular flexibility index (Phi) is 30.5. The van der Waals surface area contributed by atoms with Gasteiger partial charge in [-0.3, -0.25) is 32.4 Å². The Bertz CT molecular complexity index is 5780. The molecule has 0 aromatic carbocycles. The first kappa shape index (κ1) is 103. The number of fused-ring (bicyclic) bond motifs is 5. The van der Waals surface area contributed by atoms with Crippen molar-refractivity contribution in [3.8, 4) is 0 Å². The molecule has 0 radical (unpaired) electrons. The van der Waals surface area contributed by atoms with Gasteiger partial charge in [-0.05, 0) is 66.9 Å². The van der Waals surface area contributed by atoms with Crippen molar-refractivity contribution >= 4 is 132 Å². The third-order valence-corrected chi connectivity index (χ3v) is 40.9. The summed E-state index contributed by atoms with van der Waals surface area (Å²) in [5.41, 5.74) is 28.5. The zero-order chi connectivity index (χ0) is 97.1. The molecule has 0 saturated carbocycles.